The Hall–Kier alpha value is -2.08. The maximum atomic E-state index is 13.7. The van der Waals surface area contributed by atoms with E-state index < -0.39 is 17.8 Å². The molecular weight excluding hydrogens is 341 g/mol. The summed E-state index contributed by atoms with van der Waals surface area (Å²) < 4.78 is 25.3. The van der Waals surface area contributed by atoms with E-state index in [4.69, 9.17) is 9.47 Å². The average Bonchev–Trinajstić information content (AvgIpc) is 2.49. The molecular formula is C15H11BrFNO3. The molecule has 0 aliphatic carbocycles. The van der Waals surface area contributed by atoms with Gasteiger partial charge in [-0.05, 0) is 30.3 Å². The zero-order chi connectivity index (χ0) is 14.8. The van der Waals surface area contributed by atoms with Crippen LogP contribution in [0.4, 0.5) is 10.1 Å². The Bertz CT molecular complexity index is 692. The van der Waals surface area contributed by atoms with Crippen LogP contribution in [0, 0.1) is 5.82 Å². The lowest BCUT2D eigenvalue weighted by molar-refractivity contribution is -0.125. The third-order valence-corrected chi connectivity index (χ3v) is 3.48. The molecule has 2 aromatic carbocycles. The van der Waals surface area contributed by atoms with Crippen molar-refractivity contribution in [2.24, 2.45) is 0 Å². The molecule has 0 bridgehead atoms. The summed E-state index contributed by atoms with van der Waals surface area (Å²) in [5.41, 5.74) is 0.102. The summed E-state index contributed by atoms with van der Waals surface area (Å²) >= 11 is 3.16. The lowest BCUT2D eigenvalue weighted by atomic mass is 10.2. The second kappa shape index (κ2) is 5.73. The van der Waals surface area contributed by atoms with Gasteiger partial charge in [0.05, 0.1) is 5.69 Å². The topological polar surface area (TPSA) is 47.6 Å². The quantitative estimate of drug-likeness (QED) is 0.902. The molecule has 0 aromatic heterocycles. The number of carbonyl (C=O) groups excluding carboxylic acids is 1. The molecule has 0 fully saturated rings. The van der Waals surface area contributed by atoms with Crippen molar-refractivity contribution in [3.63, 3.8) is 0 Å². The molecule has 3 rings (SSSR count). The van der Waals surface area contributed by atoms with E-state index in [1.165, 1.54) is 12.1 Å². The van der Waals surface area contributed by atoms with Gasteiger partial charge in [-0.25, -0.2) is 4.39 Å². The molecule has 4 nitrogen and oxygen atoms in total. The van der Waals surface area contributed by atoms with Crippen LogP contribution in [0.15, 0.2) is 46.9 Å². The molecule has 0 spiro atoms. The number of hydrogen-bond donors (Lipinski definition) is 1. The van der Waals surface area contributed by atoms with Gasteiger partial charge in [-0.3, -0.25) is 4.79 Å². The van der Waals surface area contributed by atoms with Crippen LogP contribution in [0.1, 0.15) is 0 Å². The van der Waals surface area contributed by atoms with E-state index in [0.29, 0.717) is 16.0 Å². The maximum absolute atomic E-state index is 13.7. The highest BCUT2D eigenvalue weighted by atomic mass is 79.9. The Morgan fingerprint density at radius 2 is 2.00 bits per heavy atom. The van der Waals surface area contributed by atoms with Crippen LogP contribution in [-0.2, 0) is 4.79 Å². The molecule has 6 heteroatoms. The van der Waals surface area contributed by atoms with Crippen molar-refractivity contribution in [3.05, 3.63) is 52.8 Å². The summed E-state index contributed by atoms with van der Waals surface area (Å²) in [7, 11) is 0. The lowest BCUT2D eigenvalue weighted by Gasteiger charge is -2.25. The van der Waals surface area contributed by atoms with Gasteiger partial charge in [0.25, 0.3) is 5.91 Å². The number of carbonyl (C=O) groups is 1. The molecule has 21 heavy (non-hydrogen) atoms. The van der Waals surface area contributed by atoms with Gasteiger partial charge >= 0.3 is 0 Å². The van der Waals surface area contributed by atoms with E-state index in [1.807, 2.05) is 6.07 Å². The number of fused-ring (bicyclic) bond motifs is 1. The van der Waals surface area contributed by atoms with E-state index >= 15 is 0 Å². The SMILES string of the molecule is O=C(Nc1ccc(Br)cc1F)[C@H]1COc2ccccc2O1. The average molecular weight is 352 g/mol. The fraction of sp³-hybridized carbons (Fsp3) is 0.133. The highest BCUT2D eigenvalue weighted by molar-refractivity contribution is 9.10. The summed E-state index contributed by atoms with van der Waals surface area (Å²) in [6, 6.07) is 11.5. The minimum atomic E-state index is -0.817. The van der Waals surface area contributed by atoms with E-state index in [1.54, 1.807) is 24.3 Å². The molecule has 108 valence electrons. The molecule has 0 saturated carbocycles. The molecule has 1 heterocycles. The summed E-state index contributed by atoms with van der Waals surface area (Å²) in [4.78, 5) is 12.1. The first-order chi connectivity index (χ1) is 10.1. The number of hydrogen-bond acceptors (Lipinski definition) is 3. The molecule has 1 aliphatic heterocycles. The normalized spacial score (nSPS) is 16.4. The molecule has 1 atom stereocenters. The summed E-state index contributed by atoms with van der Waals surface area (Å²) in [5.74, 6) is 0.122. The van der Waals surface area contributed by atoms with Crippen LogP contribution in [0.3, 0.4) is 0 Å². The van der Waals surface area contributed by atoms with Gasteiger partial charge in [0.1, 0.15) is 12.4 Å². The van der Waals surface area contributed by atoms with Crippen LogP contribution in [0.5, 0.6) is 11.5 Å². The van der Waals surface area contributed by atoms with Crippen LogP contribution < -0.4 is 14.8 Å². The second-order valence-corrected chi connectivity index (χ2v) is 5.39. The summed E-state index contributed by atoms with van der Waals surface area (Å²) in [6.07, 6.45) is -0.817. The smallest absolute Gasteiger partial charge is 0.269 e. The first kappa shape index (κ1) is 13.9. The van der Waals surface area contributed by atoms with Crippen molar-refractivity contribution in [1.82, 2.24) is 0 Å². The lowest BCUT2D eigenvalue weighted by Crippen LogP contribution is -2.40. The van der Waals surface area contributed by atoms with E-state index in [0.717, 1.165) is 0 Å². The van der Waals surface area contributed by atoms with E-state index in [2.05, 4.69) is 21.2 Å². The number of nitrogens with one attached hydrogen (secondary N) is 1. The minimum absolute atomic E-state index is 0.0843. The number of rotatable bonds is 2. The number of ether oxygens (including phenoxy) is 2. The molecule has 0 unspecified atom stereocenters. The minimum Gasteiger partial charge on any atom is -0.485 e. The van der Waals surface area contributed by atoms with Gasteiger partial charge in [0, 0.05) is 4.47 Å². The number of para-hydroxylation sites is 2. The molecule has 1 amide bonds. The Balaban J connectivity index is 1.72. The first-order valence-corrected chi connectivity index (χ1v) is 7.07. The van der Waals surface area contributed by atoms with Crippen molar-refractivity contribution in [2.45, 2.75) is 6.10 Å². The van der Waals surface area contributed by atoms with Crippen LogP contribution in [0.25, 0.3) is 0 Å². The number of amides is 1. The van der Waals surface area contributed by atoms with Crippen molar-refractivity contribution >= 4 is 27.5 Å². The van der Waals surface area contributed by atoms with Gasteiger partial charge < -0.3 is 14.8 Å². The predicted octanol–water partition coefficient (Wildman–Crippen LogP) is 3.37. The monoisotopic (exact) mass is 351 g/mol. The van der Waals surface area contributed by atoms with E-state index in [9.17, 15) is 9.18 Å². The van der Waals surface area contributed by atoms with Crippen LogP contribution >= 0.6 is 15.9 Å². The van der Waals surface area contributed by atoms with Gasteiger partial charge in [-0.1, -0.05) is 28.1 Å². The molecule has 0 saturated heterocycles. The van der Waals surface area contributed by atoms with Crippen molar-refractivity contribution in [2.75, 3.05) is 11.9 Å². The fourth-order valence-electron chi connectivity index (χ4n) is 1.95. The third-order valence-electron chi connectivity index (χ3n) is 2.99. The Morgan fingerprint density at radius 1 is 1.24 bits per heavy atom. The standard InChI is InChI=1S/C15H11BrFNO3/c16-9-5-6-11(10(17)7-9)18-15(19)14-8-20-12-3-1-2-4-13(12)21-14/h1-7,14H,8H2,(H,18,19)/t14-/m1/s1. The number of anilines is 1. The number of benzene rings is 2. The number of halogens is 2. The highest BCUT2D eigenvalue weighted by Gasteiger charge is 2.27. The fourth-order valence-corrected chi connectivity index (χ4v) is 2.29. The third kappa shape index (κ3) is 3.00. The summed E-state index contributed by atoms with van der Waals surface area (Å²) in [5, 5.41) is 2.50. The zero-order valence-corrected chi connectivity index (χ0v) is 12.4. The highest BCUT2D eigenvalue weighted by Crippen LogP contribution is 2.31. The molecule has 2 aromatic rings. The van der Waals surface area contributed by atoms with Crippen molar-refractivity contribution in [1.29, 1.82) is 0 Å². The molecule has 1 aliphatic rings. The Labute approximate surface area is 129 Å². The van der Waals surface area contributed by atoms with E-state index in [-0.39, 0.29) is 12.3 Å². The van der Waals surface area contributed by atoms with Gasteiger partial charge in [-0.15, -0.1) is 0 Å². The first-order valence-electron chi connectivity index (χ1n) is 6.28. The van der Waals surface area contributed by atoms with Gasteiger partial charge in [0.2, 0.25) is 6.10 Å². The van der Waals surface area contributed by atoms with Gasteiger partial charge in [0.15, 0.2) is 11.5 Å². The predicted molar refractivity (Wildman–Crippen MR) is 79.1 cm³/mol. The zero-order valence-electron chi connectivity index (χ0n) is 10.8. The van der Waals surface area contributed by atoms with Crippen molar-refractivity contribution in [3.8, 4) is 11.5 Å². The van der Waals surface area contributed by atoms with Crippen molar-refractivity contribution < 1.29 is 18.7 Å². The second-order valence-electron chi connectivity index (χ2n) is 4.48. The summed E-state index contributed by atoms with van der Waals surface area (Å²) in [6.45, 7) is 0.0843. The van der Waals surface area contributed by atoms with Crippen LogP contribution in [-0.4, -0.2) is 18.6 Å². The maximum Gasteiger partial charge on any atom is 0.269 e. The molecule has 1 N–H and O–H groups in total. The largest absolute Gasteiger partial charge is 0.485 e. The van der Waals surface area contributed by atoms with Gasteiger partial charge in [-0.2, -0.15) is 0 Å². The Morgan fingerprint density at radius 3 is 2.76 bits per heavy atom. The molecule has 0 radical (unpaired) electrons. The van der Waals surface area contributed by atoms with Crippen LogP contribution in [0.2, 0.25) is 0 Å². The Kier molecular flexibility index (Phi) is 3.79.